The smallest absolute Gasteiger partial charge is 0.263 e. The monoisotopic (exact) mass is 488 g/mol. The first-order chi connectivity index (χ1) is 18.0. The van der Waals surface area contributed by atoms with Crippen molar-refractivity contribution in [1.82, 2.24) is 19.7 Å². The molecule has 0 saturated heterocycles. The molecule has 4 aromatic heterocycles. The van der Waals surface area contributed by atoms with Crippen molar-refractivity contribution in [1.29, 1.82) is 0 Å². The van der Waals surface area contributed by atoms with Crippen LogP contribution in [0, 0.1) is 0 Å². The fourth-order valence-electron chi connectivity index (χ4n) is 5.01. The number of nitrogens with zero attached hydrogens (tertiary/aromatic N) is 3. The lowest BCUT2D eigenvalue weighted by Crippen LogP contribution is -2.28. The molecule has 0 aliphatic heterocycles. The van der Waals surface area contributed by atoms with Crippen LogP contribution >= 0.6 is 0 Å². The van der Waals surface area contributed by atoms with Gasteiger partial charge >= 0.3 is 0 Å². The zero-order valence-electron chi connectivity index (χ0n) is 20.3. The normalized spacial score (nSPS) is 11.5. The second-order valence-corrected chi connectivity index (χ2v) is 9.20. The second-order valence-electron chi connectivity index (χ2n) is 9.20. The summed E-state index contributed by atoms with van der Waals surface area (Å²) in [5.74, 6) is 0.342. The van der Waals surface area contributed by atoms with Gasteiger partial charge in [0.1, 0.15) is 5.75 Å². The van der Waals surface area contributed by atoms with Crippen LogP contribution in [0.4, 0.5) is 0 Å². The van der Waals surface area contributed by atoms with Gasteiger partial charge in [0.15, 0.2) is 6.61 Å². The highest BCUT2D eigenvalue weighted by molar-refractivity contribution is 6.19. The van der Waals surface area contributed by atoms with Crippen LogP contribution in [0.3, 0.4) is 0 Å². The molecular formula is C30H24N4O3. The molecule has 2 aromatic carbocycles. The summed E-state index contributed by atoms with van der Waals surface area (Å²) in [5.41, 5.74) is 4.87. The van der Waals surface area contributed by atoms with Gasteiger partial charge in [-0.1, -0.05) is 36.4 Å². The van der Waals surface area contributed by atoms with E-state index in [1.54, 1.807) is 16.8 Å². The zero-order chi connectivity index (χ0) is 25.5. The lowest BCUT2D eigenvalue weighted by Gasteiger charge is -2.13. The van der Waals surface area contributed by atoms with Crippen molar-refractivity contribution < 1.29 is 9.53 Å². The van der Waals surface area contributed by atoms with Gasteiger partial charge in [-0.25, -0.2) is 0 Å². The third kappa shape index (κ3) is 3.85. The molecule has 1 N–H and O–H groups in total. The highest BCUT2D eigenvalue weighted by atomic mass is 16.5. The van der Waals surface area contributed by atoms with Crippen LogP contribution < -0.4 is 15.6 Å². The van der Waals surface area contributed by atoms with Crippen LogP contribution in [0.25, 0.3) is 38.1 Å². The number of aromatic nitrogens is 3. The SMILES string of the molecule is C=C(C)Cc1c(OCC(=O)NCc2ccccn2)ccc2c1c1ccnc3c4ccccc4c(=O)n2c13. The molecule has 0 aliphatic rings. The van der Waals surface area contributed by atoms with Crippen LogP contribution in [0.1, 0.15) is 18.2 Å². The lowest BCUT2D eigenvalue weighted by atomic mass is 9.99. The van der Waals surface area contributed by atoms with Gasteiger partial charge < -0.3 is 10.1 Å². The van der Waals surface area contributed by atoms with E-state index in [0.717, 1.165) is 49.5 Å². The van der Waals surface area contributed by atoms with Gasteiger partial charge in [-0.2, -0.15) is 0 Å². The number of rotatable bonds is 7. The third-order valence-electron chi connectivity index (χ3n) is 6.55. The molecule has 0 aliphatic carbocycles. The summed E-state index contributed by atoms with van der Waals surface area (Å²) in [6.45, 7) is 6.25. The van der Waals surface area contributed by atoms with Crippen molar-refractivity contribution in [3.8, 4) is 5.75 Å². The Kier molecular flexibility index (Phi) is 5.53. The molecule has 0 unspecified atom stereocenters. The molecule has 7 nitrogen and oxygen atoms in total. The minimum absolute atomic E-state index is 0.0834. The molecule has 6 rings (SSSR count). The first-order valence-electron chi connectivity index (χ1n) is 12.1. The maximum absolute atomic E-state index is 13.6. The Morgan fingerprint density at radius 1 is 0.973 bits per heavy atom. The number of nitrogens with one attached hydrogen (secondary N) is 1. The molecule has 6 aromatic rings. The summed E-state index contributed by atoms with van der Waals surface area (Å²) >= 11 is 0. The number of carbonyl (C=O) groups is 1. The summed E-state index contributed by atoms with van der Waals surface area (Å²) < 4.78 is 7.79. The van der Waals surface area contributed by atoms with Gasteiger partial charge in [-0.15, -0.1) is 0 Å². The van der Waals surface area contributed by atoms with E-state index in [4.69, 9.17) is 4.74 Å². The van der Waals surface area contributed by atoms with Crippen LogP contribution in [0.5, 0.6) is 5.75 Å². The summed E-state index contributed by atoms with van der Waals surface area (Å²) in [6, 6.07) is 18.8. The van der Waals surface area contributed by atoms with E-state index >= 15 is 0 Å². The van der Waals surface area contributed by atoms with E-state index in [1.165, 1.54) is 0 Å². The van der Waals surface area contributed by atoms with Crippen LogP contribution in [-0.4, -0.2) is 26.9 Å². The van der Waals surface area contributed by atoms with Crippen molar-refractivity contribution in [2.45, 2.75) is 19.9 Å². The molecule has 182 valence electrons. The Balaban J connectivity index is 1.46. The predicted molar refractivity (Wildman–Crippen MR) is 145 cm³/mol. The zero-order valence-corrected chi connectivity index (χ0v) is 20.3. The molecule has 1 amide bonds. The largest absolute Gasteiger partial charge is 0.483 e. The number of hydrogen-bond donors (Lipinski definition) is 1. The summed E-state index contributed by atoms with van der Waals surface area (Å²) in [7, 11) is 0. The molecule has 0 fully saturated rings. The number of carbonyl (C=O) groups excluding carboxylic acids is 1. The first-order valence-corrected chi connectivity index (χ1v) is 12.1. The van der Waals surface area contributed by atoms with E-state index in [2.05, 4.69) is 21.9 Å². The molecule has 7 heteroatoms. The molecule has 0 spiro atoms. The summed E-state index contributed by atoms with van der Waals surface area (Å²) in [6.07, 6.45) is 4.01. The van der Waals surface area contributed by atoms with E-state index in [-0.39, 0.29) is 18.1 Å². The van der Waals surface area contributed by atoms with Crippen molar-refractivity contribution in [3.05, 3.63) is 107 Å². The standard InChI is InChI=1S/C30H24N4O3/c1-18(2)15-23-25(37-17-26(35)33-16-19-7-5-6-13-31-19)11-10-24-27(23)22-12-14-32-28-20-8-3-4-9-21(20)30(36)34(24)29(22)28/h3-14H,1,15-17H2,2H3,(H,33,35). The van der Waals surface area contributed by atoms with Crippen molar-refractivity contribution >= 4 is 44.0 Å². The van der Waals surface area contributed by atoms with E-state index < -0.39 is 0 Å². The molecular weight excluding hydrogens is 464 g/mol. The maximum Gasteiger partial charge on any atom is 0.263 e. The topological polar surface area (TPSA) is 85.6 Å². The number of amides is 1. The van der Waals surface area contributed by atoms with Gasteiger partial charge in [0.05, 0.1) is 28.8 Å². The van der Waals surface area contributed by atoms with Crippen molar-refractivity contribution in [3.63, 3.8) is 0 Å². The minimum Gasteiger partial charge on any atom is -0.483 e. The Labute approximate surface area is 212 Å². The van der Waals surface area contributed by atoms with Crippen LogP contribution in [0.15, 0.2) is 90.0 Å². The summed E-state index contributed by atoms with van der Waals surface area (Å²) in [5, 5.41) is 6.13. The molecule has 0 atom stereocenters. The second kappa shape index (κ2) is 9.02. The van der Waals surface area contributed by atoms with Gasteiger partial charge in [0.2, 0.25) is 0 Å². The van der Waals surface area contributed by atoms with Gasteiger partial charge in [0, 0.05) is 39.5 Å². The molecule has 0 radical (unpaired) electrons. The average molecular weight is 489 g/mol. The number of ether oxygens (including phenoxy) is 1. The fourth-order valence-corrected chi connectivity index (χ4v) is 5.01. The number of fused-ring (bicyclic) bond motifs is 5. The Bertz CT molecular complexity index is 1880. The van der Waals surface area contributed by atoms with Crippen molar-refractivity contribution in [2.24, 2.45) is 0 Å². The molecule has 0 saturated carbocycles. The van der Waals surface area contributed by atoms with Gasteiger partial charge in [-0.05, 0) is 49.7 Å². The minimum atomic E-state index is -0.246. The van der Waals surface area contributed by atoms with E-state index in [1.807, 2.05) is 67.6 Å². The predicted octanol–water partition coefficient (Wildman–Crippen LogP) is 4.80. The number of pyridine rings is 3. The Morgan fingerprint density at radius 3 is 2.57 bits per heavy atom. The number of benzene rings is 2. The van der Waals surface area contributed by atoms with E-state index in [9.17, 15) is 9.59 Å². The molecule has 0 bridgehead atoms. The number of allylic oxidation sites excluding steroid dienone is 1. The van der Waals surface area contributed by atoms with E-state index in [0.29, 0.717) is 24.1 Å². The van der Waals surface area contributed by atoms with Crippen LogP contribution in [0.2, 0.25) is 0 Å². The number of hydrogen-bond acceptors (Lipinski definition) is 5. The highest BCUT2D eigenvalue weighted by Crippen LogP contribution is 2.38. The fraction of sp³-hybridized carbons (Fsp3) is 0.133. The quantitative estimate of drug-likeness (QED) is 0.258. The average Bonchev–Trinajstić information content (AvgIpc) is 3.26. The van der Waals surface area contributed by atoms with Gasteiger partial charge in [0.25, 0.3) is 11.5 Å². The van der Waals surface area contributed by atoms with Crippen molar-refractivity contribution in [2.75, 3.05) is 6.61 Å². The Hall–Kier alpha value is -4.78. The van der Waals surface area contributed by atoms with Crippen LogP contribution in [-0.2, 0) is 17.8 Å². The third-order valence-corrected chi connectivity index (χ3v) is 6.55. The summed E-state index contributed by atoms with van der Waals surface area (Å²) in [4.78, 5) is 35.0. The molecule has 37 heavy (non-hydrogen) atoms. The Morgan fingerprint density at radius 2 is 1.78 bits per heavy atom. The lowest BCUT2D eigenvalue weighted by molar-refractivity contribution is -0.123. The first kappa shape index (κ1) is 22.7. The maximum atomic E-state index is 13.6. The highest BCUT2D eigenvalue weighted by Gasteiger charge is 2.22. The molecule has 4 heterocycles. The van der Waals surface area contributed by atoms with Gasteiger partial charge in [-0.3, -0.25) is 24.0 Å².